The third kappa shape index (κ3) is 3.56. The lowest BCUT2D eigenvalue weighted by Gasteiger charge is -2.18. The van der Waals surface area contributed by atoms with Crippen LogP contribution in [0.15, 0.2) is 29.6 Å². The molecule has 144 valence electrons. The van der Waals surface area contributed by atoms with Crippen molar-refractivity contribution in [2.24, 2.45) is 4.99 Å². The van der Waals surface area contributed by atoms with Crippen LogP contribution in [-0.4, -0.2) is 76.1 Å². The molecule has 0 radical (unpaired) electrons. The number of aromatic nitrogens is 4. The van der Waals surface area contributed by atoms with E-state index >= 15 is 0 Å². The van der Waals surface area contributed by atoms with E-state index in [2.05, 4.69) is 30.2 Å². The summed E-state index contributed by atoms with van der Waals surface area (Å²) in [7, 11) is 5.75. The number of carbonyl (C=O) groups excluding carboxylic acids is 1. The predicted molar refractivity (Wildman–Crippen MR) is 108 cm³/mol. The molecule has 0 fully saturated rings. The van der Waals surface area contributed by atoms with Crippen LogP contribution in [0.4, 0.5) is 11.6 Å². The Balaban J connectivity index is 1.58. The highest BCUT2D eigenvalue weighted by molar-refractivity contribution is 6.00. The van der Waals surface area contributed by atoms with E-state index in [1.54, 1.807) is 18.0 Å². The van der Waals surface area contributed by atoms with Gasteiger partial charge >= 0.3 is 0 Å². The molecule has 1 aliphatic heterocycles. The van der Waals surface area contributed by atoms with Crippen molar-refractivity contribution < 1.29 is 4.79 Å². The lowest BCUT2D eigenvalue weighted by atomic mass is 10.2. The fraction of sp³-hybridized carbons (Fsp3) is 0.316. The van der Waals surface area contributed by atoms with Crippen molar-refractivity contribution >= 4 is 34.8 Å². The van der Waals surface area contributed by atoms with Gasteiger partial charge in [0.15, 0.2) is 0 Å². The highest BCUT2D eigenvalue weighted by Crippen LogP contribution is 2.25. The number of aliphatic imine (C=N–C) groups is 1. The van der Waals surface area contributed by atoms with Crippen LogP contribution in [0.2, 0.25) is 0 Å². The number of aromatic amines is 1. The lowest BCUT2D eigenvalue weighted by molar-refractivity contribution is 0.0781. The smallest absolute Gasteiger partial charge is 0.270 e. The topological polar surface area (TPSA) is 102 Å². The van der Waals surface area contributed by atoms with Gasteiger partial charge in [0.05, 0.1) is 11.9 Å². The van der Waals surface area contributed by atoms with Gasteiger partial charge in [0, 0.05) is 43.7 Å². The number of hydrogen-bond donors (Lipinski definition) is 2. The molecule has 0 aliphatic carbocycles. The molecule has 1 aliphatic rings. The quantitative estimate of drug-likeness (QED) is 0.676. The Hall–Kier alpha value is -3.33. The van der Waals surface area contributed by atoms with Gasteiger partial charge in [0.25, 0.3) is 5.91 Å². The Morgan fingerprint density at radius 1 is 1.18 bits per heavy atom. The second-order valence-corrected chi connectivity index (χ2v) is 7.06. The molecule has 4 heterocycles. The predicted octanol–water partition coefficient (Wildman–Crippen LogP) is 1.66. The second kappa shape index (κ2) is 7.35. The fourth-order valence-corrected chi connectivity index (χ4v) is 3.00. The average molecular weight is 378 g/mol. The van der Waals surface area contributed by atoms with E-state index < -0.39 is 0 Å². The number of likely N-dealkylation sites (N-methyl/N-ethyl adjacent to an activating group) is 2. The van der Waals surface area contributed by atoms with Crippen molar-refractivity contribution in [1.29, 1.82) is 0 Å². The maximum absolute atomic E-state index is 12.7. The number of nitrogens with one attached hydrogen (secondary N) is 2. The van der Waals surface area contributed by atoms with Gasteiger partial charge < -0.3 is 20.1 Å². The summed E-state index contributed by atoms with van der Waals surface area (Å²) >= 11 is 0. The average Bonchev–Trinajstić information content (AvgIpc) is 3.32. The molecule has 0 saturated carbocycles. The number of rotatable bonds is 6. The van der Waals surface area contributed by atoms with E-state index in [9.17, 15) is 4.79 Å². The number of fused-ring (bicyclic) bond motifs is 2. The zero-order valence-corrected chi connectivity index (χ0v) is 16.1. The molecule has 0 spiro atoms. The summed E-state index contributed by atoms with van der Waals surface area (Å²) in [4.78, 5) is 36.8. The first-order valence-electron chi connectivity index (χ1n) is 9.01. The number of carbonyl (C=O) groups is 1. The van der Waals surface area contributed by atoms with E-state index in [1.165, 1.54) is 6.33 Å². The highest BCUT2D eigenvalue weighted by Gasteiger charge is 2.17. The molecular formula is C19H22N8O. The molecule has 3 aromatic heterocycles. The lowest BCUT2D eigenvalue weighted by Crippen LogP contribution is -2.33. The Kier molecular flexibility index (Phi) is 4.74. The number of pyridine rings is 1. The summed E-state index contributed by atoms with van der Waals surface area (Å²) < 4.78 is 0. The molecule has 0 atom stereocenters. The second-order valence-electron chi connectivity index (χ2n) is 7.06. The van der Waals surface area contributed by atoms with E-state index in [-0.39, 0.29) is 5.91 Å². The van der Waals surface area contributed by atoms with E-state index in [0.717, 1.165) is 23.1 Å². The number of hydrogen-bond acceptors (Lipinski definition) is 7. The monoisotopic (exact) mass is 378 g/mol. The zero-order chi connectivity index (χ0) is 19.7. The van der Waals surface area contributed by atoms with Crippen LogP contribution in [0.5, 0.6) is 0 Å². The molecule has 1 amide bonds. The van der Waals surface area contributed by atoms with E-state index in [1.807, 2.05) is 37.5 Å². The molecule has 9 heteroatoms. The van der Waals surface area contributed by atoms with Gasteiger partial charge in [0.1, 0.15) is 29.3 Å². The van der Waals surface area contributed by atoms with Gasteiger partial charge in [-0.05, 0) is 26.2 Å². The minimum Gasteiger partial charge on any atom is -0.339 e. The van der Waals surface area contributed by atoms with Crippen molar-refractivity contribution in [1.82, 2.24) is 29.7 Å². The van der Waals surface area contributed by atoms with Gasteiger partial charge in [-0.15, -0.1) is 0 Å². The number of anilines is 2. The van der Waals surface area contributed by atoms with Gasteiger partial charge in [-0.2, -0.15) is 0 Å². The largest absolute Gasteiger partial charge is 0.339 e. The summed E-state index contributed by atoms with van der Waals surface area (Å²) in [6, 6.07) is 3.72. The third-order valence-corrected chi connectivity index (χ3v) is 4.65. The van der Waals surface area contributed by atoms with Crippen molar-refractivity contribution in [3.63, 3.8) is 0 Å². The molecule has 2 N–H and O–H groups in total. The van der Waals surface area contributed by atoms with Crippen LogP contribution in [0, 0.1) is 0 Å². The summed E-state index contributed by atoms with van der Waals surface area (Å²) in [5.41, 5.74) is 3.24. The molecule has 0 aromatic carbocycles. The summed E-state index contributed by atoms with van der Waals surface area (Å²) in [5, 5.41) is 3.96. The zero-order valence-electron chi connectivity index (χ0n) is 16.1. The number of H-pyrrole nitrogens is 1. The van der Waals surface area contributed by atoms with Crippen LogP contribution < -0.4 is 5.32 Å². The van der Waals surface area contributed by atoms with Gasteiger partial charge in [-0.3, -0.25) is 9.79 Å². The van der Waals surface area contributed by atoms with Crippen molar-refractivity contribution in [3.8, 4) is 0 Å². The maximum atomic E-state index is 12.7. The fourth-order valence-electron chi connectivity index (χ4n) is 3.00. The standard InChI is InChI=1S/C19H22N8O/c1-26(2)4-5-27(3)19(28)15-7-14-17(24-15)22-11-23-18(14)25-16-6-12-8-20-9-13(12)10-21-16/h6-8,10-11H,4-5,9H2,1-3H3,(H2,21,22,23,24,25). The Bertz CT molecular complexity index is 1060. The summed E-state index contributed by atoms with van der Waals surface area (Å²) in [6.45, 7) is 2.10. The molecule has 28 heavy (non-hydrogen) atoms. The SMILES string of the molecule is CN(C)CCN(C)C(=O)c1cc2c(Nc3cc4c(cn3)CN=C4)ncnc2[nH]1. The van der Waals surface area contributed by atoms with Crippen molar-refractivity contribution in [2.45, 2.75) is 6.54 Å². The van der Waals surface area contributed by atoms with Crippen LogP contribution >= 0.6 is 0 Å². The molecule has 4 rings (SSSR count). The minimum atomic E-state index is -0.0855. The first-order valence-corrected chi connectivity index (χ1v) is 9.01. The Morgan fingerprint density at radius 3 is 2.86 bits per heavy atom. The molecule has 3 aromatic rings. The summed E-state index contributed by atoms with van der Waals surface area (Å²) in [6.07, 6.45) is 5.11. The van der Waals surface area contributed by atoms with Crippen molar-refractivity contribution in [3.05, 3.63) is 41.5 Å². The summed E-state index contributed by atoms with van der Waals surface area (Å²) in [5.74, 6) is 1.18. The first-order chi connectivity index (χ1) is 13.5. The molecule has 9 nitrogen and oxygen atoms in total. The molecule has 0 bridgehead atoms. The first kappa shape index (κ1) is 18.1. The normalized spacial score (nSPS) is 12.6. The van der Waals surface area contributed by atoms with Gasteiger partial charge in [0.2, 0.25) is 0 Å². The minimum absolute atomic E-state index is 0.0855. The number of amides is 1. The maximum Gasteiger partial charge on any atom is 0.270 e. The Labute approximate surface area is 162 Å². The molecular weight excluding hydrogens is 356 g/mol. The third-order valence-electron chi connectivity index (χ3n) is 4.65. The van der Waals surface area contributed by atoms with Gasteiger partial charge in [-0.25, -0.2) is 15.0 Å². The Morgan fingerprint density at radius 2 is 2.04 bits per heavy atom. The van der Waals surface area contributed by atoms with Gasteiger partial charge in [-0.1, -0.05) is 0 Å². The van der Waals surface area contributed by atoms with E-state index in [0.29, 0.717) is 36.1 Å². The highest BCUT2D eigenvalue weighted by atomic mass is 16.2. The molecule has 0 saturated heterocycles. The van der Waals surface area contributed by atoms with Crippen LogP contribution in [0.1, 0.15) is 21.6 Å². The molecule has 0 unspecified atom stereocenters. The van der Waals surface area contributed by atoms with Crippen LogP contribution in [0.25, 0.3) is 11.0 Å². The van der Waals surface area contributed by atoms with Crippen molar-refractivity contribution in [2.75, 3.05) is 39.5 Å². The van der Waals surface area contributed by atoms with Crippen LogP contribution in [0.3, 0.4) is 0 Å². The van der Waals surface area contributed by atoms with Crippen LogP contribution in [-0.2, 0) is 6.54 Å². The van der Waals surface area contributed by atoms with E-state index in [4.69, 9.17) is 0 Å². The number of nitrogens with zero attached hydrogens (tertiary/aromatic N) is 6.